The summed E-state index contributed by atoms with van der Waals surface area (Å²) < 4.78 is 62.2. The van der Waals surface area contributed by atoms with E-state index in [0.717, 1.165) is 11.0 Å². The van der Waals surface area contributed by atoms with Gasteiger partial charge in [0.2, 0.25) is 5.91 Å². The van der Waals surface area contributed by atoms with Crippen LogP contribution in [0.25, 0.3) is 0 Å². The third-order valence-corrected chi connectivity index (χ3v) is 5.89. The van der Waals surface area contributed by atoms with Gasteiger partial charge in [-0.25, -0.2) is 4.39 Å². The summed E-state index contributed by atoms with van der Waals surface area (Å²) in [6, 6.07) is 7.96. The number of nitrogens with one attached hydrogen (secondary N) is 2. The molecule has 3 rings (SSSR count). The van der Waals surface area contributed by atoms with E-state index >= 15 is 0 Å². The number of nitrogens with zero attached hydrogens (tertiary/aromatic N) is 1. The van der Waals surface area contributed by atoms with Gasteiger partial charge in [0.25, 0.3) is 11.8 Å². The topological polar surface area (TPSA) is 97.0 Å². The van der Waals surface area contributed by atoms with Gasteiger partial charge in [0.05, 0.1) is 23.7 Å². The molecule has 1 unspecified atom stereocenters. The fraction of sp³-hybridized carbons (Fsp3) is 0.320. The van der Waals surface area contributed by atoms with Crippen LogP contribution in [0, 0.1) is 5.82 Å². The van der Waals surface area contributed by atoms with Crippen LogP contribution in [0.1, 0.15) is 19.3 Å². The Morgan fingerprint density at radius 3 is 2.56 bits per heavy atom. The molecule has 210 valence electrons. The minimum atomic E-state index is -4.52. The van der Waals surface area contributed by atoms with Crippen LogP contribution in [-0.2, 0) is 14.4 Å². The van der Waals surface area contributed by atoms with Crippen molar-refractivity contribution in [1.82, 2.24) is 10.6 Å². The minimum Gasteiger partial charge on any atom is -0.484 e. The number of carbonyl (C=O) groups is 3. The van der Waals surface area contributed by atoms with Crippen molar-refractivity contribution >= 4 is 46.6 Å². The molecule has 14 heteroatoms. The first-order chi connectivity index (χ1) is 18.3. The third kappa shape index (κ3) is 9.03. The number of halogens is 6. The third-order valence-electron chi connectivity index (χ3n) is 5.35. The molecule has 0 saturated heterocycles. The molecule has 2 aromatic rings. The smallest absolute Gasteiger partial charge is 0.389 e. The van der Waals surface area contributed by atoms with E-state index in [0.29, 0.717) is 0 Å². The Hall–Kier alpha value is -3.51. The average Bonchev–Trinajstić information content (AvgIpc) is 2.86. The minimum absolute atomic E-state index is 0.0244. The van der Waals surface area contributed by atoms with Gasteiger partial charge in [0, 0.05) is 36.2 Å². The summed E-state index contributed by atoms with van der Waals surface area (Å²) in [4.78, 5) is 38.4. The summed E-state index contributed by atoms with van der Waals surface area (Å²) in [5.74, 6) is -2.51. The maximum Gasteiger partial charge on any atom is 0.389 e. The first-order valence-electron chi connectivity index (χ1n) is 11.5. The van der Waals surface area contributed by atoms with Crippen LogP contribution < -0.4 is 25.0 Å². The van der Waals surface area contributed by atoms with Crippen molar-refractivity contribution in [3.8, 4) is 11.5 Å². The predicted molar refractivity (Wildman–Crippen MR) is 135 cm³/mol. The van der Waals surface area contributed by atoms with E-state index in [1.165, 1.54) is 30.3 Å². The van der Waals surface area contributed by atoms with Crippen molar-refractivity contribution in [2.24, 2.45) is 0 Å². The number of hydrogen-bond acceptors (Lipinski definition) is 5. The number of alkyl halides is 3. The highest BCUT2D eigenvalue weighted by Gasteiger charge is 2.36. The lowest BCUT2D eigenvalue weighted by atomic mass is 10.1. The first kappa shape index (κ1) is 30.0. The fourth-order valence-corrected chi connectivity index (χ4v) is 3.76. The van der Waals surface area contributed by atoms with Crippen molar-refractivity contribution in [2.45, 2.75) is 31.5 Å². The first-order valence-corrected chi connectivity index (χ1v) is 12.2. The monoisotopic (exact) mass is 591 g/mol. The Morgan fingerprint density at radius 1 is 1.13 bits per heavy atom. The molecule has 1 atom stereocenters. The lowest BCUT2D eigenvalue weighted by Crippen LogP contribution is -2.51. The van der Waals surface area contributed by atoms with E-state index in [-0.39, 0.29) is 52.4 Å². The molecular formula is C25H23Cl2F4N3O5. The SMILES string of the molecule is C=C(CCNC(=O)C1CN(C(=O)CCC(F)(F)F)c2cc(Cl)ccc2O1)NC(=O)COc1ccc(Cl)c(F)c1. The molecule has 3 amide bonds. The highest BCUT2D eigenvalue weighted by Crippen LogP contribution is 2.36. The summed E-state index contributed by atoms with van der Waals surface area (Å²) in [6.07, 6.45) is -7.72. The normalized spacial score (nSPS) is 14.6. The molecule has 2 aromatic carbocycles. The zero-order valence-corrected chi connectivity index (χ0v) is 21.8. The Labute approximate surface area is 230 Å². The number of benzene rings is 2. The summed E-state index contributed by atoms with van der Waals surface area (Å²) >= 11 is 11.6. The lowest BCUT2D eigenvalue weighted by Gasteiger charge is -2.34. The van der Waals surface area contributed by atoms with Gasteiger partial charge in [-0.3, -0.25) is 14.4 Å². The van der Waals surface area contributed by atoms with E-state index in [9.17, 15) is 31.9 Å². The van der Waals surface area contributed by atoms with Crippen LogP contribution in [0.5, 0.6) is 11.5 Å². The number of carbonyl (C=O) groups excluding carboxylic acids is 3. The molecule has 2 N–H and O–H groups in total. The Kier molecular flexibility index (Phi) is 10.0. The van der Waals surface area contributed by atoms with E-state index < -0.39 is 55.3 Å². The van der Waals surface area contributed by atoms with Crippen molar-refractivity contribution < 1.29 is 41.4 Å². The quantitative estimate of drug-likeness (QED) is 0.387. The van der Waals surface area contributed by atoms with Gasteiger partial charge in [-0.2, -0.15) is 13.2 Å². The Balaban J connectivity index is 1.49. The van der Waals surface area contributed by atoms with Gasteiger partial charge in [-0.15, -0.1) is 0 Å². The summed E-state index contributed by atoms with van der Waals surface area (Å²) in [5.41, 5.74) is 0.415. The summed E-state index contributed by atoms with van der Waals surface area (Å²) in [7, 11) is 0. The number of fused-ring (bicyclic) bond motifs is 1. The number of amides is 3. The number of ether oxygens (including phenoxy) is 2. The van der Waals surface area contributed by atoms with Crippen LogP contribution in [0.2, 0.25) is 10.0 Å². The van der Waals surface area contributed by atoms with Gasteiger partial charge < -0.3 is 25.0 Å². The second kappa shape index (κ2) is 13.0. The van der Waals surface area contributed by atoms with Gasteiger partial charge in [0.15, 0.2) is 12.7 Å². The van der Waals surface area contributed by atoms with Crippen LogP contribution in [0.4, 0.5) is 23.2 Å². The molecule has 0 fully saturated rings. The largest absolute Gasteiger partial charge is 0.484 e. The highest BCUT2D eigenvalue weighted by atomic mass is 35.5. The molecule has 1 aliphatic rings. The maximum atomic E-state index is 13.4. The molecule has 1 heterocycles. The van der Waals surface area contributed by atoms with Crippen LogP contribution in [0.15, 0.2) is 48.7 Å². The van der Waals surface area contributed by atoms with Crippen molar-refractivity contribution in [3.63, 3.8) is 0 Å². The molecule has 0 aromatic heterocycles. The standard InChI is InChI=1S/C25H23Cl2F4N3O5/c1-14(33-22(35)13-38-16-3-4-17(27)18(28)11-16)7-9-32-24(37)21-12-34(23(36)6-8-25(29,30)31)19-10-15(26)2-5-20(19)39-21/h2-5,10-11,21H,1,6-9,12-13H2,(H,32,37)(H,33,35). The van der Waals surface area contributed by atoms with Crippen LogP contribution in [0.3, 0.4) is 0 Å². The summed E-state index contributed by atoms with van der Waals surface area (Å²) in [5, 5.41) is 5.20. The Bertz CT molecular complexity index is 1260. The second-order valence-corrected chi connectivity index (χ2v) is 9.24. The zero-order valence-electron chi connectivity index (χ0n) is 20.2. The predicted octanol–water partition coefficient (Wildman–Crippen LogP) is 4.78. The van der Waals surface area contributed by atoms with Crippen molar-refractivity contribution in [2.75, 3.05) is 24.6 Å². The van der Waals surface area contributed by atoms with Gasteiger partial charge >= 0.3 is 6.18 Å². The van der Waals surface area contributed by atoms with E-state index in [1.54, 1.807) is 0 Å². The van der Waals surface area contributed by atoms with E-state index in [2.05, 4.69) is 17.2 Å². The highest BCUT2D eigenvalue weighted by molar-refractivity contribution is 6.31. The zero-order chi connectivity index (χ0) is 28.7. The van der Waals surface area contributed by atoms with Crippen LogP contribution >= 0.6 is 23.2 Å². The molecule has 0 bridgehead atoms. The maximum absolute atomic E-state index is 13.4. The van der Waals surface area contributed by atoms with Crippen LogP contribution in [-0.4, -0.2) is 49.7 Å². The van der Waals surface area contributed by atoms with E-state index in [4.69, 9.17) is 32.7 Å². The molecule has 39 heavy (non-hydrogen) atoms. The number of hydrogen-bond donors (Lipinski definition) is 2. The number of anilines is 1. The molecule has 1 aliphatic heterocycles. The van der Waals surface area contributed by atoms with Gasteiger partial charge in [-0.05, 0) is 30.3 Å². The number of rotatable bonds is 10. The lowest BCUT2D eigenvalue weighted by molar-refractivity contribution is -0.143. The van der Waals surface area contributed by atoms with E-state index in [1.807, 2.05) is 0 Å². The molecule has 0 saturated carbocycles. The molecule has 0 aliphatic carbocycles. The van der Waals surface area contributed by atoms with Gasteiger partial charge in [-0.1, -0.05) is 29.8 Å². The molecule has 8 nitrogen and oxygen atoms in total. The van der Waals surface area contributed by atoms with Crippen molar-refractivity contribution in [1.29, 1.82) is 0 Å². The van der Waals surface area contributed by atoms with Gasteiger partial charge in [0.1, 0.15) is 17.3 Å². The summed E-state index contributed by atoms with van der Waals surface area (Å²) in [6.45, 7) is 2.97. The Morgan fingerprint density at radius 2 is 1.87 bits per heavy atom. The second-order valence-electron chi connectivity index (χ2n) is 8.40. The average molecular weight is 592 g/mol. The molecule has 0 spiro atoms. The molecule has 0 radical (unpaired) electrons. The van der Waals surface area contributed by atoms with Crippen molar-refractivity contribution in [3.05, 3.63) is 64.5 Å². The molecular weight excluding hydrogens is 569 g/mol. The fourth-order valence-electron chi connectivity index (χ4n) is 3.47.